The van der Waals surface area contributed by atoms with Gasteiger partial charge < -0.3 is 24.4 Å². The van der Waals surface area contributed by atoms with Crippen molar-refractivity contribution in [2.24, 2.45) is 0 Å². The Morgan fingerprint density at radius 1 is 0.750 bits per heavy atom. The highest BCUT2D eigenvalue weighted by Crippen LogP contribution is 2.35. The molecule has 0 aliphatic carbocycles. The first-order valence-electron chi connectivity index (χ1n) is 11.8. The maximum atomic E-state index is 12.0. The zero-order valence-electron chi connectivity index (χ0n) is 22.5. The van der Waals surface area contributed by atoms with Crippen LogP contribution in [0.2, 0.25) is 0 Å². The molecule has 9 nitrogen and oxygen atoms in total. The lowest BCUT2D eigenvalue weighted by atomic mass is 10.2. The Labute approximate surface area is 253 Å². The number of carbonyl (C=O) groups excluding carboxylic acids is 2. The Balaban J connectivity index is 0.000000408. The second-order valence-electron chi connectivity index (χ2n) is 8.85. The van der Waals surface area contributed by atoms with Gasteiger partial charge in [0.1, 0.15) is 22.7 Å². The van der Waals surface area contributed by atoms with Crippen molar-refractivity contribution in [3.05, 3.63) is 71.8 Å². The molecule has 0 atom stereocenters. The van der Waals surface area contributed by atoms with Crippen molar-refractivity contribution < 1.29 is 43.0 Å². The Morgan fingerprint density at radius 2 is 1.12 bits per heavy atom. The van der Waals surface area contributed by atoms with Crippen molar-refractivity contribution in [2.45, 2.75) is 37.2 Å². The molecule has 0 spiro atoms. The molecule has 0 aliphatic rings. The number of rotatable bonds is 12. The van der Waals surface area contributed by atoms with E-state index in [1.54, 1.807) is 27.7 Å². The van der Waals surface area contributed by atoms with Crippen LogP contribution in [-0.4, -0.2) is 71.1 Å². The van der Waals surface area contributed by atoms with Gasteiger partial charge in [0.25, 0.3) is 0 Å². The van der Waals surface area contributed by atoms with E-state index in [2.05, 4.69) is 4.52 Å². The summed E-state index contributed by atoms with van der Waals surface area (Å²) in [7, 11) is -4.55. The molecule has 40 heavy (non-hydrogen) atoms. The minimum Gasteiger partial charge on any atom is -0.462 e. The maximum Gasteiger partial charge on any atom is 0.469 e. The minimum atomic E-state index is -4.55. The average Bonchev–Trinajstić information content (AvgIpc) is 2.89. The van der Waals surface area contributed by atoms with E-state index >= 15 is 0 Å². The predicted octanol–water partition coefficient (Wildman–Crippen LogP) is 4.94. The van der Waals surface area contributed by atoms with Crippen LogP contribution in [0, 0.1) is 0 Å². The molecule has 0 aliphatic heterocycles. The first-order valence-corrected chi connectivity index (χ1v) is 15.8. The first-order chi connectivity index (χ1) is 18.6. The lowest BCUT2D eigenvalue weighted by Crippen LogP contribution is -2.32. The van der Waals surface area contributed by atoms with Crippen LogP contribution in [0.1, 0.15) is 38.8 Å². The molecule has 2 rings (SSSR count). The largest absolute Gasteiger partial charge is 0.469 e. The SMILES string of the molecule is CC(C)(SC(=S)c1ccccc1)C(=O)OCCO.CC(C)(SC(=S)c1ccccc1)C(=O)OCCOP(=O)(O)O. The molecule has 0 radical (unpaired) electrons. The fourth-order valence-electron chi connectivity index (χ4n) is 2.59. The van der Waals surface area contributed by atoms with E-state index in [-0.39, 0.29) is 32.4 Å². The summed E-state index contributed by atoms with van der Waals surface area (Å²) < 4.78 is 24.1. The first kappa shape index (κ1) is 36.4. The van der Waals surface area contributed by atoms with Crippen LogP contribution in [0.15, 0.2) is 60.7 Å². The number of ether oxygens (including phenoxy) is 2. The topological polar surface area (TPSA) is 140 Å². The van der Waals surface area contributed by atoms with Crippen LogP contribution in [-0.2, 0) is 28.2 Å². The molecule has 0 unspecified atom stereocenters. The van der Waals surface area contributed by atoms with E-state index in [1.807, 2.05) is 60.7 Å². The third kappa shape index (κ3) is 14.3. The number of aliphatic hydroxyl groups excluding tert-OH is 1. The second-order valence-corrected chi connectivity index (χ2v) is 14.7. The van der Waals surface area contributed by atoms with Gasteiger partial charge >= 0.3 is 19.8 Å². The van der Waals surface area contributed by atoms with Crippen molar-refractivity contribution in [1.29, 1.82) is 0 Å². The van der Waals surface area contributed by atoms with Crippen molar-refractivity contribution in [1.82, 2.24) is 0 Å². The van der Waals surface area contributed by atoms with Crippen LogP contribution in [0.3, 0.4) is 0 Å². The van der Waals surface area contributed by atoms with E-state index in [9.17, 15) is 14.2 Å². The molecule has 220 valence electrons. The fourth-order valence-corrected chi connectivity index (χ4v) is 6.14. The summed E-state index contributed by atoms with van der Waals surface area (Å²) in [6.07, 6.45) is 0. The molecular weight excluding hydrogens is 616 g/mol. The molecule has 2 aromatic rings. The van der Waals surface area contributed by atoms with Gasteiger partial charge in [-0.2, -0.15) is 0 Å². The molecule has 0 saturated heterocycles. The lowest BCUT2D eigenvalue weighted by molar-refractivity contribution is -0.147. The Morgan fingerprint density at radius 3 is 1.48 bits per heavy atom. The average molecular weight is 649 g/mol. The Kier molecular flexibility index (Phi) is 15.7. The molecule has 14 heteroatoms. The summed E-state index contributed by atoms with van der Waals surface area (Å²) in [6.45, 7) is 6.07. The number of hydrogen-bond acceptors (Lipinski definition) is 11. The third-order valence-corrected chi connectivity index (χ3v) is 8.28. The van der Waals surface area contributed by atoms with Crippen LogP contribution >= 0.6 is 55.8 Å². The number of phosphoric ester groups is 1. The minimum absolute atomic E-state index is 0.0148. The molecular formula is C26H33O9PS4. The number of benzene rings is 2. The van der Waals surface area contributed by atoms with Crippen LogP contribution in [0.4, 0.5) is 0 Å². The summed E-state index contributed by atoms with van der Waals surface area (Å²) in [5.41, 5.74) is 1.76. The molecule has 2 aromatic carbocycles. The van der Waals surface area contributed by atoms with E-state index < -0.39 is 23.3 Å². The number of hydrogen-bond donors (Lipinski definition) is 3. The number of aliphatic hydroxyl groups is 1. The van der Waals surface area contributed by atoms with Gasteiger partial charge in [0.15, 0.2) is 0 Å². The molecule has 0 saturated carbocycles. The van der Waals surface area contributed by atoms with E-state index in [0.717, 1.165) is 11.1 Å². The number of thiocarbonyl (C=S) groups is 2. The van der Waals surface area contributed by atoms with E-state index in [4.69, 9.17) is 48.8 Å². The lowest BCUT2D eigenvalue weighted by Gasteiger charge is -2.22. The molecule has 0 aromatic heterocycles. The zero-order chi connectivity index (χ0) is 30.4. The highest BCUT2D eigenvalue weighted by molar-refractivity contribution is 8.25. The smallest absolute Gasteiger partial charge is 0.462 e. The van der Waals surface area contributed by atoms with Crippen LogP contribution in [0.5, 0.6) is 0 Å². The maximum absolute atomic E-state index is 12.0. The molecule has 3 N–H and O–H groups in total. The Bertz CT molecular complexity index is 1170. The summed E-state index contributed by atoms with van der Waals surface area (Å²) >= 11 is 13.1. The summed E-state index contributed by atoms with van der Waals surface area (Å²) in [6, 6.07) is 18.8. The van der Waals surface area contributed by atoms with Crippen molar-refractivity contribution >= 4 is 76.1 Å². The normalized spacial score (nSPS) is 11.6. The molecule has 0 fully saturated rings. The van der Waals surface area contributed by atoms with Crippen LogP contribution < -0.4 is 0 Å². The van der Waals surface area contributed by atoms with E-state index in [0.29, 0.717) is 8.39 Å². The molecule has 0 bridgehead atoms. The number of phosphoric acid groups is 1. The van der Waals surface area contributed by atoms with Crippen molar-refractivity contribution in [3.8, 4) is 0 Å². The third-order valence-electron chi connectivity index (χ3n) is 4.60. The Hall–Kier alpha value is -1.67. The van der Waals surface area contributed by atoms with Gasteiger partial charge in [-0.1, -0.05) is 109 Å². The number of esters is 2. The number of thioether (sulfide) groups is 2. The standard InChI is InChI=1S/C13H17O6PS2.C13H16O3S2/c1-13(2,12(14)18-8-9-19-20(15,16)17)22-11(21)10-6-4-3-5-7-10;1-13(2,12(15)16-9-8-14)18-11(17)10-6-4-3-5-7-10/h3-7H,8-9H2,1-2H3,(H2,15,16,17);3-7,14H,8-9H2,1-2H3. The van der Waals surface area contributed by atoms with Gasteiger partial charge in [-0.15, -0.1) is 0 Å². The van der Waals surface area contributed by atoms with Gasteiger partial charge in [-0.3, -0.25) is 14.1 Å². The highest BCUT2D eigenvalue weighted by atomic mass is 32.2. The van der Waals surface area contributed by atoms with E-state index in [1.165, 1.54) is 23.5 Å². The highest BCUT2D eigenvalue weighted by Gasteiger charge is 2.33. The molecule has 0 amide bonds. The zero-order valence-corrected chi connectivity index (χ0v) is 26.6. The van der Waals surface area contributed by atoms with Crippen molar-refractivity contribution in [3.63, 3.8) is 0 Å². The summed E-state index contributed by atoms with van der Waals surface area (Å²) in [4.78, 5) is 40.8. The summed E-state index contributed by atoms with van der Waals surface area (Å²) in [5.74, 6) is -0.912. The van der Waals surface area contributed by atoms with Gasteiger partial charge in [0.05, 0.1) is 21.6 Å². The monoisotopic (exact) mass is 648 g/mol. The van der Waals surface area contributed by atoms with Gasteiger partial charge in [-0.05, 0) is 38.8 Å². The van der Waals surface area contributed by atoms with Gasteiger partial charge in [0.2, 0.25) is 0 Å². The van der Waals surface area contributed by atoms with Gasteiger partial charge in [-0.25, -0.2) is 4.57 Å². The molecule has 0 heterocycles. The van der Waals surface area contributed by atoms with Crippen LogP contribution in [0.25, 0.3) is 0 Å². The van der Waals surface area contributed by atoms with Crippen molar-refractivity contribution in [2.75, 3.05) is 26.4 Å². The quantitative estimate of drug-likeness (QED) is 0.124. The van der Waals surface area contributed by atoms with Gasteiger partial charge in [0, 0.05) is 0 Å². The second kappa shape index (κ2) is 17.3. The predicted molar refractivity (Wildman–Crippen MR) is 167 cm³/mol. The fraction of sp³-hybridized carbons (Fsp3) is 0.385. The summed E-state index contributed by atoms with van der Waals surface area (Å²) in [5, 5.41) is 8.63. The number of carbonyl (C=O) groups is 2.